The summed E-state index contributed by atoms with van der Waals surface area (Å²) in [6.07, 6.45) is 2.26. The number of hydrogen-bond acceptors (Lipinski definition) is 3. The Morgan fingerprint density at radius 3 is 2.81 bits per heavy atom. The van der Waals surface area contributed by atoms with E-state index in [2.05, 4.69) is 5.32 Å². The number of hydrogen-bond donors (Lipinski definition) is 1. The van der Waals surface area contributed by atoms with E-state index in [-0.39, 0.29) is 24.0 Å². The molecule has 2 fully saturated rings. The summed E-state index contributed by atoms with van der Waals surface area (Å²) < 4.78 is 5.49. The Bertz CT molecular complexity index is 532. The van der Waals surface area contributed by atoms with Gasteiger partial charge in [0.1, 0.15) is 6.61 Å². The molecule has 2 aliphatic heterocycles. The predicted octanol–water partition coefficient (Wildman–Crippen LogP) is 1.08. The average Bonchev–Trinajstić information content (AvgIpc) is 3.07. The number of nitrogens with zero attached hydrogens (tertiary/aromatic N) is 1. The van der Waals surface area contributed by atoms with Gasteiger partial charge in [-0.25, -0.2) is 0 Å². The normalized spacial score (nSPS) is 24.6. The summed E-state index contributed by atoms with van der Waals surface area (Å²) in [5.74, 6) is 0.105. The molecule has 1 N–H and O–H groups in total. The molecular formula is C16H20N2O3. The molecule has 112 valence electrons. The molecule has 2 heterocycles. The lowest BCUT2D eigenvalue weighted by atomic mass is 9.97. The lowest BCUT2D eigenvalue weighted by Gasteiger charge is -2.23. The zero-order valence-electron chi connectivity index (χ0n) is 12.0. The van der Waals surface area contributed by atoms with Crippen molar-refractivity contribution < 1.29 is 14.3 Å². The van der Waals surface area contributed by atoms with Gasteiger partial charge < -0.3 is 15.0 Å². The Hall–Kier alpha value is -1.88. The minimum Gasteiger partial charge on any atom is -0.367 e. The lowest BCUT2D eigenvalue weighted by Crippen LogP contribution is -2.45. The first-order valence-corrected chi connectivity index (χ1v) is 7.37. The fraction of sp³-hybridized carbons (Fsp3) is 0.500. The van der Waals surface area contributed by atoms with E-state index in [4.69, 9.17) is 4.74 Å². The van der Waals surface area contributed by atoms with E-state index in [1.54, 1.807) is 4.90 Å². The van der Waals surface area contributed by atoms with Crippen LogP contribution < -0.4 is 5.32 Å². The van der Waals surface area contributed by atoms with Crippen LogP contribution in [0.4, 0.5) is 0 Å². The van der Waals surface area contributed by atoms with Crippen molar-refractivity contribution in [2.45, 2.75) is 31.4 Å². The van der Waals surface area contributed by atoms with Gasteiger partial charge in [0.25, 0.3) is 0 Å². The van der Waals surface area contributed by atoms with E-state index < -0.39 is 0 Å². The molecule has 2 aliphatic rings. The largest absolute Gasteiger partial charge is 0.367 e. The zero-order valence-corrected chi connectivity index (χ0v) is 12.0. The summed E-state index contributed by atoms with van der Waals surface area (Å²) in [6, 6.07) is 9.81. The molecule has 2 amide bonds. The van der Waals surface area contributed by atoms with Crippen LogP contribution in [0.1, 0.15) is 24.8 Å². The molecule has 1 spiro atoms. The summed E-state index contributed by atoms with van der Waals surface area (Å²) in [7, 11) is 0. The lowest BCUT2D eigenvalue weighted by molar-refractivity contribution is -0.135. The van der Waals surface area contributed by atoms with E-state index in [1.165, 1.54) is 0 Å². The number of carbonyl (C=O) groups excluding carboxylic acids is 2. The zero-order chi connectivity index (χ0) is 14.7. The third kappa shape index (κ3) is 3.24. The Labute approximate surface area is 124 Å². The van der Waals surface area contributed by atoms with Crippen molar-refractivity contribution >= 4 is 11.8 Å². The number of amides is 2. The van der Waals surface area contributed by atoms with Crippen LogP contribution in [0.2, 0.25) is 0 Å². The molecule has 0 aliphatic carbocycles. The molecule has 2 saturated heterocycles. The van der Waals surface area contributed by atoms with Crippen LogP contribution in [-0.4, -0.2) is 41.9 Å². The van der Waals surface area contributed by atoms with Crippen molar-refractivity contribution in [1.29, 1.82) is 0 Å². The predicted molar refractivity (Wildman–Crippen MR) is 77.4 cm³/mol. The van der Waals surface area contributed by atoms with E-state index in [0.717, 1.165) is 18.4 Å². The third-order valence-corrected chi connectivity index (χ3v) is 4.28. The van der Waals surface area contributed by atoms with Gasteiger partial charge in [-0.15, -0.1) is 0 Å². The maximum absolute atomic E-state index is 12.1. The second-order valence-electron chi connectivity index (χ2n) is 5.87. The van der Waals surface area contributed by atoms with Crippen LogP contribution >= 0.6 is 0 Å². The second kappa shape index (κ2) is 5.85. The quantitative estimate of drug-likeness (QED) is 0.902. The van der Waals surface area contributed by atoms with Gasteiger partial charge in [-0.2, -0.15) is 0 Å². The van der Waals surface area contributed by atoms with Crippen LogP contribution in [0, 0.1) is 0 Å². The summed E-state index contributed by atoms with van der Waals surface area (Å²) in [6.45, 7) is 1.86. The van der Waals surface area contributed by atoms with Gasteiger partial charge in [0.15, 0.2) is 0 Å². The summed E-state index contributed by atoms with van der Waals surface area (Å²) >= 11 is 0. The van der Waals surface area contributed by atoms with Crippen molar-refractivity contribution in [2.24, 2.45) is 0 Å². The molecule has 5 heteroatoms. The van der Waals surface area contributed by atoms with Crippen molar-refractivity contribution in [1.82, 2.24) is 10.2 Å². The van der Waals surface area contributed by atoms with E-state index in [0.29, 0.717) is 26.1 Å². The molecule has 0 saturated carbocycles. The van der Waals surface area contributed by atoms with Crippen LogP contribution in [0.25, 0.3) is 0 Å². The molecule has 0 aromatic heterocycles. The number of benzene rings is 1. The summed E-state index contributed by atoms with van der Waals surface area (Å²) in [4.78, 5) is 25.3. The first-order valence-electron chi connectivity index (χ1n) is 7.37. The first kappa shape index (κ1) is 14.1. The molecule has 1 aromatic carbocycles. The van der Waals surface area contributed by atoms with E-state index in [9.17, 15) is 9.59 Å². The van der Waals surface area contributed by atoms with E-state index >= 15 is 0 Å². The fourth-order valence-electron chi connectivity index (χ4n) is 3.09. The Morgan fingerprint density at radius 1 is 1.29 bits per heavy atom. The highest BCUT2D eigenvalue weighted by Crippen LogP contribution is 2.30. The number of rotatable bonds is 4. The van der Waals surface area contributed by atoms with Gasteiger partial charge in [-0.1, -0.05) is 30.3 Å². The molecule has 21 heavy (non-hydrogen) atoms. The van der Waals surface area contributed by atoms with Crippen molar-refractivity contribution in [3.05, 3.63) is 35.9 Å². The van der Waals surface area contributed by atoms with Crippen molar-refractivity contribution in [2.75, 3.05) is 19.7 Å². The van der Waals surface area contributed by atoms with Crippen LogP contribution in [0.5, 0.6) is 0 Å². The van der Waals surface area contributed by atoms with Gasteiger partial charge in [-0.3, -0.25) is 9.59 Å². The number of nitrogens with one attached hydrogen (secondary N) is 1. The first-order chi connectivity index (χ1) is 10.2. The maximum Gasteiger partial charge on any atom is 0.248 e. The molecule has 0 bridgehead atoms. The van der Waals surface area contributed by atoms with Crippen LogP contribution in [0.3, 0.4) is 0 Å². The third-order valence-electron chi connectivity index (χ3n) is 4.28. The van der Waals surface area contributed by atoms with Gasteiger partial charge in [0, 0.05) is 19.5 Å². The van der Waals surface area contributed by atoms with Gasteiger partial charge in [0.2, 0.25) is 11.8 Å². The van der Waals surface area contributed by atoms with Crippen LogP contribution in [-0.2, 0) is 20.9 Å². The van der Waals surface area contributed by atoms with E-state index in [1.807, 2.05) is 30.3 Å². The Kier molecular flexibility index (Phi) is 3.92. The minimum absolute atomic E-state index is 0.00366. The molecule has 0 radical (unpaired) electrons. The SMILES string of the molecule is O=C1CCC2(CCN(C(=O)COCc3ccccc3)C2)N1. The molecule has 5 nitrogen and oxygen atoms in total. The Balaban J connectivity index is 1.45. The Morgan fingerprint density at radius 2 is 2.10 bits per heavy atom. The highest BCUT2D eigenvalue weighted by Gasteiger charge is 2.44. The highest BCUT2D eigenvalue weighted by molar-refractivity contribution is 5.81. The fourth-order valence-corrected chi connectivity index (χ4v) is 3.09. The summed E-state index contributed by atoms with van der Waals surface area (Å²) in [5.41, 5.74) is 0.887. The molecule has 1 atom stereocenters. The second-order valence-corrected chi connectivity index (χ2v) is 5.87. The van der Waals surface area contributed by atoms with Gasteiger partial charge in [-0.05, 0) is 18.4 Å². The molecule has 3 rings (SSSR count). The maximum atomic E-state index is 12.1. The van der Waals surface area contributed by atoms with Gasteiger partial charge in [0.05, 0.1) is 12.1 Å². The molecular weight excluding hydrogens is 268 g/mol. The van der Waals surface area contributed by atoms with Crippen molar-refractivity contribution in [3.8, 4) is 0 Å². The van der Waals surface area contributed by atoms with Crippen molar-refractivity contribution in [3.63, 3.8) is 0 Å². The number of likely N-dealkylation sites (tertiary alicyclic amines) is 1. The standard InChI is InChI=1S/C16H20N2O3/c19-14-6-7-16(17-14)8-9-18(12-16)15(20)11-21-10-13-4-2-1-3-5-13/h1-5H,6-12H2,(H,17,19). The monoisotopic (exact) mass is 288 g/mol. The smallest absolute Gasteiger partial charge is 0.248 e. The minimum atomic E-state index is -0.174. The molecule has 1 unspecified atom stereocenters. The topological polar surface area (TPSA) is 58.6 Å². The number of ether oxygens (including phenoxy) is 1. The van der Waals surface area contributed by atoms with Gasteiger partial charge >= 0.3 is 0 Å². The number of carbonyl (C=O) groups is 2. The molecule has 1 aromatic rings. The van der Waals surface area contributed by atoms with Crippen LogP contribution in [0.15, 0.2) is 30.3 Å². The average molecular weight is 288 g/mol. The summed E-state index contributed by atoms with van der Waals surface area (Å²) in [5, 5.41) is 3.02. The highest BCUT2D eigenvalue weighted by atomic mass is 16.5.